The maximum Gasteiger partial charge on any atom is 0.409 e. The molecule has 0 saturated heterocycles. The van der Waals surface area contributed by atoms with Gasteiger partial charge in [0.25, 0.3) is 0 Å². The minimum absolute atomic E-state index is 0. The molecule has 1 aromatic heterocycles. The molecule has 3 aromatic carbocycles. The van der Waals surface area contributed by atoms with Crippen LogP contribution in [0.25, 0.3) is 10.2 Å². The van der Waals surface area contributed by atoms with Crippen LogP contribution in [0.2, 0.25) is 0 Å². The number of hydrogen-bond donors (Lipinski definition) is 2. The van der Waals surface area contributed by atoms with Crippen LogP contribution in [0, 0.1) is 0 Å². The number of carbonyl (C=O) groups excluding carboxylic acids is 1. The van der Waals surface area contributed by atoms with E-state index in [1.54, 1.807) is 0 Å². The van der Waals surface area contributed by atoms with Crippen molar-refractivity contribution in [1.29, 1.82) is 0 Å². The van der Waals surface area contributed by atoms with E-state index in [9.17, 15) is 4.79 Å². The second-order valence-electron chi connectivity index (χ2n) is 8.08. The number of azo groups is 1. The van der Waals surface area contributed by atoms with E-state index < -0.39 is 0 Å². The van der Waals surface area contributed by atoms with E-state index in [2.05, 4.69) is 39.8 Å². The van der Waals surface area contributed by atoms with Gasteiger partial charge in [-0.05, 0) is 78.2 Å². The SMILES string of the molecule is CCOc1ccc2c(c1)sc(N=Nc1ccc(NCCCc3ccccc3)cc1)[n+]2CCC(N)=O.[Cl-]. The number of primary amides is 1. The molecule has 4 rings (SSSR count). The maximum atomic E-state index is 11.4. The average Bonchev–Trinajstić information content (AvgIpc) is 3.22. The van der Waals surface area contributed by atoms with Crippen molar-refractivity contribution in [3.63, 3.8) is 0 Å². The van der Waals surface area contributed by atoms with Crippen molar-refractivity contribution in [2.75, 3.05) is 18.5 Å². The number of aryl methyl sites for hydroxylation is 2. The second-order valence-corrected chi connectivity index (χ2v) is 9.09. The van der Waals surface area contributed by atoms with Gasteiger partial charge in [0, 0.05) is 18.3 Å². The fourth-order valence-electron chi connectivity index (χ4n) is 3.74. The van der Waals surface area contributed by atoms with Crippen molar-refractivity contribution in [2.24, 2.45) is 16.0 Å². The van der Waals surface area contributed by atoms with Crippen LogP contribution in [0.15, 0.2) is 83.0 Å². The summed E-state index contributed by atoms with van der Waals surface area (Å²) in [5.41, 5.74) is 9.53. The molecule has 0 aliphatic carbocycles. The Morgan fingerprint density at radius 3 is 2.56 bits per heavy atom. The van der Waals surface area contributed by atoms with Crippen LogP contribution in [0.5, 0.6) is 5.75 Å². The van der Waals surface area contributed by atoms with Gasteiger partial charge in [0.2, 0.25) is 5.91 Å². The van der Waals surface area contributed by atoms with Gasteiger partial charge in [0.05, 0.1) is 22.8 Å². The third kappa shape index (κ3) is 7.50. The molecule has 4 aromatic rings. The monoisotopic (exact) mass is 523 g/mol. The first-order chi connectivity index (χ1) is 17.1. The van der Waals surface area contributed by atoms with Gasteiger partial charge in [-0.2, -0.15) is 0 Å². The minimum Gasteiger partial charge on any atom is -1.00 e. The zero-order valence-electron chi connectivity index (χ0n) is 20.2. The highest BCUT2D eigenvalue weighted by atomic mass is 35.5. The molecule has 0 aliphatic heterocycles. The van der Waals surface area contributed by atoms with E-state index in [1.165, 1.54) is 16.9 Å². The van der Waals surface area contributed by atoms with Gasteiger partial charge < -0.3 is 28.2 Å². The number of rotatable bonds is 12. The lowest BCUT2D eigenvalue weighted by Crippen LogP contribution is -3.00. The minimum atomic E-state index is -0.350. The highest BCUT2D eigenvalue weighted by molar-refractivity contribution is 7.21. The van der Waals surface area contributed by atoms with Crippen molar-refractivity contribution >= 4 is 44.0 Å². The van der Waals surface area contributed by atoms with E-state index in [0.717, 1.165) is 46.7 Å². The summed E-state index contributed by atoms with van der Waals surface area (Å²) >= 11 is 1.51. The number of halogens is 1. The lowest BCUT2D eigenvalue weighted by atomic mass is 10.1. The lowest BCUT2D eigenvalue weighted by molar-refractivity contribution is -0.653. The Morgan fingerprint density at radius 2 is 1.83 bits per heavy atom. The summed E-state index contributed by atoms with van der Waals surface area (Å²) in [6.07, 6.45) is 2.35. The molecular weight excluding hydrogens is 494 g/mol. The van der Waals surface area contributed by atoms with Crippen molar-refractivity contribution in [3.05, 3.63) is 78.4 Å². The summed E-state index contributed by atoms with van der Waals surface area (Å²) < 4.78 is 8.62. The normalized spacial score (nSPS) is 10.9. The summed E-state index contributed by atoms with van der Waals surface area (Å²) in [6, 6.07) is 24.3. The summed E-state index contributed by atoms with van der Waals surface area (Å²) in [6.45, 7) is 3.91. The Morgan fingerprint density at radius 1 is 1.06 bits per heavy atom. The van der Waals surface area contributed by atoms with Gasteiger partial charge in [-0.3, -0.25) is 4.79 Å². The van der Waals surface area contributed by atoms with E-state index in [0.29, 0.717) is 18.3 Å². The number of ether oxygens (including phenoxy) is 1. The van der Waals surface area contributed by atoms with Crippen LogP contribution in [0.3, 0.4) is 0 Å². The molecule has 0 bridgehead atoms. The number of nitrogens with two attached hydrogens (primary N) is 1. The van der Waals surface area contributed by atoms with Gasteiger partial charge in [0.15, 0.2) is 0 Å². The number of amides is 1. The van der Waals surface area contributed by atoms with E-state index >= 15 is 0 Å². The summed E-state index contributed by atoms with van der Waals surface area (Å²) in [5, 5.41) is 13.1. The first kappa shape index (κ1) is 27.1. The van der Waals surface area contributed by atoms with Gasteiger partial charge in [-0.1, -0.05) is 30.3 Å². The van der Waals surface area contributed by atoms with Crippen LogP contribution < -0.4 is 32.8 Å². The van der Waals surface area contributed by atoms with Crippen LogP contribution in [0.4, 0.5) is 16.5 Å². The van der Waals surface area contributed by atoms with E-state index in [-0.39, 0.29) is 24.7 Å². The molecule has 9 heteroatoms. The highest BCUT2D eigenvalue weighted by Crippen LogP contribution is 2.31. The van der Waals surface area contributed by atoms with Crippen LogP contribution in [-0.2, 0) is 17.8 Å². The zero-order chi connectivity index (χ0) is 24.5. The average molecular weight is 524 g/mol. The number of anilines is 1. The number of carbonyl (C=O) groups is 1. The third-order valence-electron chi connectivity index (χ3n) is 5.48. The van der Waals surface area contributed by atoms with Gasteiger partial charge in [0.1, 0.15) is 23.5 Å². The fraction of sp³-hybridized carbons (Fsp3) is 0.259. The molecule has 1 amide bonds. The number of nitrogens with zero attached hydrogens (tertiary/aromatic N) is 3. The number of thiazole rings is 1. The van der Waals surface area contributed by atoms with Crippen LogP contribution >= 0.6 is 11.3 Å². The molecule has 0 aliphatic rings. The molecule has 1 heterocycles. The lowest BCUT2D eigenvalue weighted by Gasteiger charge is -2.06. The predicted octanol–water partition coefficient (Wildman–Crippen LogP) is 2.93. The van der Waals surface area contributed by atoms with Gasteiger partial charge >= 0.3 is 5.13 Å². The van der Waals surface area contributed by atoms with Gasteiger partial charge in [-0.25, -0.2) is 4.57 Å². The summed E-state index contributed by atoms with van der Waals surface area (Å²) in [4.78, 5) is 11.4. The van der Waals surface area contributed by atoms with Crippen molar-refractivity contribution in [3.8, 4) is 5.75 Å². The quantitative estimate of drug-likeness (QED) is 0.170. The number of benzene rings is 3. The second kappa shape index (κ2) is 13.6. The molecule has 0 unspecified atom stereocenters. The molecule has 0 atom stereocenters. The first-order valence-corrected chi connectivity index (χ1v) is 12.6. The van der Waals surface area contributed by atoms with E-state index in [4.69, 9.17) is 10.5 Å². The number of nitrogens with one attached hydrogen (secondary N) is 1. The van der Waals surface area contributed by atoms with E-state index in [1.807, 2.05) is 60.0 Å². The van der Waals surface area contributed by atoms with Crippen molar-refractivity contribution < 1.29 is 26.5 Å². The molecule has 0 fully saturated rings. The summed E-state index contributed by atoms with van der Waals surface area (Å²) in [5.74, 6) is 0.455. The first-order valence-electron chi connectivity index (χ1n) is 11.8. The van der Waals surface area contributed by atoms with Crippen molar-refractivity contribution in [2.45, 2.75) is 32.7 Å². The summed E-state index contributed by atoms with van der Waals surface area (Å²) in [7, 11) is 0. The largest absolute Gasteiger partial charge is 1.00 e. The number of aromatic nitrogens is 1. The number of fused-ring (bicyclic) bond motifs is 1. The molecule has 0 saturated carbocycles. The van der Waals surface area contributed by atoms with Crippen molar-refractivity contribution in [1.82, 2.24) is 0 Å². The molecule has 36 heavy (non-hydrogen) atoms. The Hall–Kier alpha value is -3.49. The zero-order valence-corrected chi connectivity index (χ0v) is 21.8. The Balaban J connectivity index is 0.00000361. The third-order valence-corrected chi connectivity index (χ3v) is 6.51. The van der Waals surface area contributed by atoms with Crippen LogP contribution in [-0.4, -0.2) is 19.1 Å². The molecule has 3 N–H and O–H groups in total. The van der Waals surface area contributed by atoms with Crippen LogP contribution in [0.1, 0.15) is 25.3 Å². The standard InChI is InChI=1S/C27H29N5O2S.ClH/c1-2-34-23-14-15-24-25(19-23)35-27(32(24)18-16-26(28)33)31-30-22-12-10-21(11-13-22)29-17-6-9-20-7-4-3-5-8-20;/h3-5,7-8,10-15,19H,2,6,9,16-18H2,1H3,(H2,28,33);1H. The Labute approximate surface area is 221 Å². The molecule has 0 radical (unpaired) electrons. The smallest absolute Gasteiger partial charge is 0.409 e. The molecular formula is C27H30ClN5O2S. The molecule has 188 valence electrons. The molecule has 7 nitrogen and oxygen atoms in total. The molecule has 0 spiro atoms. The maximum absolute atomic E-state index is 11.4. The van der Waals surface area contributed by atoms with Gasteiger partial charge in [-0.15, -0.1) is 0 Å². The topological polar surface area (TPSA) is 93.0 Å². The highest BCUT2D eigenvalue weighted by Gasteiger charge is 2.20. The Kier molecular flexibility index (Phi) is 10.2. The number of hydrogen-bond acceptors (Lipinski definition) is 6. The predicted molar refractivity (Wildman–Crippen MR) is 141 cm³/mol. The fourth-order valence-corrected chi connectivity index (χ4v) is 4.78. The Bertz CT molecular complexity index is 1290.